The van der Waals surface area contributed by atoms with Crippen molar-refractivity contribution in [2.45, 2.75) is 26.8 Å². The van der Waals surface area contributed by atoms with Crippen molar-refractivity contribution in [3.8, 4) is 11.8 Å². The molecule has 0 unspecified atom stereocenters. The molecule has 0 N–H and O–H groups in total. The van der Waals surface area contributed by atoms with Crippen molar-refractivity contribution < 1.29 is 4.39 Å². The molecule has 0 saturated carbocycles. The summed E-state index contributed by atoms with van der Waals surface area (Å²) in [6.07, 6.45) is 4.15. The Morgan fingerprint density at radius 2 is 2.04 bits per heavy atom. The van der Waals surface area contributed by atoms with Gasteiger partial charge in [0.15, 0.2) is 0 Å². The van der Waals surface area contributed by atoms with Crippen molar-refractivity contribution >= 4 is 5.82 Å². The molecule has 7 heteroatoms. The number of para-hydroxylation sites is 1. The van der Waals surface area contributed by atoms with Gasteiger partial charge in [-0.25, -0.2) is 19.0 Å². The van der Waals surface area contributed by atoms with Crippen molar-refractivity contribution in [2.24, 2.45) is 5.41 Å². The highest BCUT2D eigenvalue weighted by molar-refractivity contribution is 5.44. The predicted molar refractivity (Wildman–Crippen MR) is 98.8 cm³/mol. The smallest absolute Gasteiger partial charge is 0.234 e. The lowest BCUT2D eigenvalue weighted by Crippen LogP contribution is -2.33. The van der Waals surface area contributed by atoms with Crippen LogP contribution in [0.5, 0.6) is 0 Å². The number of fused-ring (bicyclic) bond motifs is 1. The second-order valence-corrected chi connectivity index (χ2v) is 7.53. The molecule has 1 aliphatic rings. The molecule has 0 bridgehead atoms. The van der Waals surface area contributed by atoms with Crippen LogP contribution in [0.15, 0.2) is 42.7 Å². The second kappa shape index (κ2) is 6.47. The van der Waals surface area contributed by atoms with Gasteiger partial charge in [-0.3, -0.25) is 0 Å². The van der Waals surface area contributed by atoms with Gasteiger partial charge >= 0.3 is 0 Å². The number of benzene rings is 1. The molecule has 1 aromatic carbocycles. The third-order valence-electron chi connectivity index (χ3n) is 4.73. The quantitative estimate of drug-likeness (QED) is 0.700. The van der Waals surface area contributed by atoms with Crippen molar-refractivity contribution in [3.63, 3.8) is 0 Å². The Kier molecular flexibility index (Phi) is 4.11. The maximum absolute atomic E-state index is 14.3. The summed E-state index contributed by atoms with van der Waals surface area (Å²) in [5.74, 6) is 0.565. The lowest BCUT2D eigenvalue weighted by molar-refractivity contribution is 0.363. The Balaban J connectivity index is 1.78. The van der Waals surface area contributed by atoms with Crippen LogP contribution in [0, 0.1) is 22.6 Å². The molecular weight excluding hydrogens is 343 g/mol. The largest absolute Gasteiger partial charge is 0.351 e. The summed E-state index contributed by atoms with van der Waals surface area (Å²) in [6, 6.07) is 10.5. The number of anilines is 1. The molecule has 0 saturated heterocycles. The fourth-order valence-electron chi connectivity index (χ4n) is 3.59. The Morgan fingerprint density at radius 3 is 2.81 bits per heavy atom. The number of nitriles is 1. The van der Waals surface area contributed by atoms with Crippen LogP contribution in [0.3, 0.4) is 0 Å². The van der Waals surface area contributed by atoms with E-state index in [0.717, 1.165) is 24.2 Å². The molecule has 0 fully saturated rings. The first-order chi connectivity index (χ1) is 13.0. The summed E-state index contributed by atoms with van der Waals surface area (Å²) in [7, 11) is 0. The SMILES string of the molecule is CC1(C)Cc2c(cnn2-c2ccccc2F)CN(c2ccnc(C#N)n2)C1. The van der Waals surface area contributed by atoms with Crippen molar-refractivity contribution in [1.82, 2.24) is 19.7 Å². The number of halogens is 1. The summed E-state index contributed by atoms with van der Waals surface area (Å²) in [5.41, 5.74) is 2.39. The third kappa shape index (κ3) is 3.26. The van der Waals surface area contributed by atoms with E-state index in [1.54, 1.807) is 29.2 Å². The van der Waals surface area contributed by atoms with E-state index in [1.165, 1.54) is 6.07 Å². The second-order valence-electron chi connectivity index (χ2n) is 7.53. The minimum absolute atomic E-state index is 0.0912. The van der Waals surface area contributed by atoms with Crippen LogP contribution in [-0.4, -0.2) is 26.3 Å². The van der Waals surface area contributed by atoms with Crippen molar-refractivity contribution in [1.29, 1.82) is 5.26 Å². The van der Waals surface area contributed by atoms with E-state index in [4.69, 9.17) is 5.26 Å². The Bertz CT molecular complexity index is 1030. The van der Waals surface area contributed by atoms with E-state index in [2.05, 4.69) is 33.8 Å². The van der Waals surface area contributed by atoms with Crippen LogP contribution in [0.4, 0.5) is 10.2 Å². The lowest BCUT2D eigenvalue weighted by Gasteiger charge is -2.30. The fourth-order valence-corrected chi connectivity index (χ4v) is 3.59. The topological polar surface area (TPSA) is 70.6 Å². The monoisotopic (exact) mass is 362 g/mol. The highest BCUT2D eigenvalue weighted by Crippen LogP contribution is 2.33. The fraction of sp³-hybridized carbons (Fsp3) is 0.300. The average Bonchev–Trinajstić information content (AvgIpc) is 2.96. The molecule has 1 aliphatic heterocycles. The average molecular weight is 362 g/mol. The van der Waals surface area contributed by atoms with Crippen LogP contribution < -0.4 is 4.90 Å². The summed E-state index contributed by atoms with van der Waals surface area (Å²) in [6.45, 7) is 5.68. The normalized spacial score (nSPS) is 15.7. The van der Waals surface area contributed by atoms with Gasteiger partial charge in [0.25, 0.3) is 0 Å². The minimum Gasteiger partial charge on any atom is -0.351 e. The molecule has 27 heavy (non-hydrogen) atoms. The molecule has 3 aromatic rings. The molecule has 6 nitrogen and oxygen atoms in total. The molecule has 0 atom stereocenters. The van der Waals surface area contributed by atoms with Crippen LogP contribution in [0.1, 0.15) is 30.9 Å². The standard InChI is InChI=1S/C20H19FN6/c1-20(2)9-17-14(11-24-27(17)16-6-4-3-5-15(16)21)12-26(13-20)19-7-8-23-18(10-22)25-19/h3-8,11H,9,12-13H2,1-2H3. The van der Waals surface area contributed by atoms with Gasteiger partial charge in [0.1, 0.15) is 23.4 Å². The number of hydrogen-bond acceptors (Lipinski definition) is 5. The van der Waals surface area contributed by atoms with Gasteiger partial charge < -0.3 is 4.90 Å². The molecule has 2 aromatic heterocycles. The molecule has 0 spiro atoms. The molecular formula is C20H19FN6. The van der Waals surface area contributed by atoms with E-state index < -0.39 is 0 Å². The zero-order valence-electron chi connectivity index (χ0n) is 15.2. The minimum atomic E-state index is -0.295. The summed E-state index contributed by atoms with van der Waals surface area (Å²) >= 11 is 0. The number of aromatic nitrogens is 4. The van der Waals surface area contributed by atoms with Gasteiger partial charge in [-0.15, -0.1) is 0 Å². The lowest BCUT2D eigenvalue weighted by atomic mass is 9.87. The Morgan fingerprint density at radius 1 is 1.22 bits per heavy atom. The molecule has 136 valence electrons. The highest BCUT2D eigenvalue weighted by Gasteiger charge is 2.31. The summed E-state index contributed by atoms with van der Waals surface area (Å²) < 4.78 is 16.0. The van der Waals surface area contributed by atoms with Crippen molar-refractivity contribution in [2.75, 3.05) is 11.4 Å². The number of rotatable bonds is 2. The van der Waals surface area contributed by atoms with Crippen LogP contribution in [0.2, 0.25) is 0 Å². The summed E-state index contributed by atoms with van der Waals surface area (Å²) in [4.78, 5) is 10.4. The van der Waals surface area contributed by atoms with Crippen LogP contribution in [-0.2, 0) is 13.0 Å². The maximum atomic E-state index is 14.3. The Labute approximate surface area is 156 Å². The summed E-state index contributed by atoms with van der Waals surface area (Å²) in [5, 5.41) is 13.6. The molecule has 0 radical (unpaired) electrons. The van der Waals surface area contributed by atoms with Crippen LogP contribution >= 0.6 is 0 Å². The van der Waals surface area contributed by atoms with Gasteiger partial charge in [0.2, 0.25) is 5.82 Å². The van der Waals surface area contributed by atoms with Gasteiger partial charge in [0, 0.05) is 30.5 Å². The molecule has 0 aliphatic carbocycles. The van der Waals surface area contributed by atoms with Crippen molar-refractivity contribution in [3.05, 3.63) is 65.6 Å². The predicted octanol–water partition coefficient (Wildman–Crippen LogP) is 3.26. The first kappa shape index (κ1) is 17.2. The molecule has 3 heterocycles. The first-order valence-corrected chi connectivity index (χ1v) is 8.76. The number of nitrogens with zero attached hydrogens (tertiary/aromatic N) is 6. The third-order valence-corrected chi connectivity index (χ3v) is 4.73. The number of hydrogen-bond donors (Lipinski definition) is 0. The van der Waals surface area contributed by atoms with Gasteiger partial charge in [0.05, 0.1) is 6.20 Å². The van der Waals surface area contributed by atoms with E-state index in [9.17, 15) is 4.39 Å². The van der Waals surface area contributed by atoms with Gasteiger partial charge in [-0.05, 0) is 30.0 Å². The molecule has 4 rings (SSSR count). The molecule has 0 amide bonds. The van der Waals surface area contributed by atoms with Gasteiger partial charge in [-0.1, -0.05) is 26.0 Å². The van der Waals surface area contributed by atoms with E-state index in [0.29, 0.717) is 18.1 Å². The van der Waals surface area contributed by atoms with Crippen LogP contribution in [0.25, 0.3) is 5.69 Å². The highest BCUT2D eigenvalue weighted by atomic mass is 19.1. The zero-order chi connectivity index (χ0) is 19.0. The Hall–Kier alpha value is -3.27. The maximum Gasteiger partial charge on any atom is 0.234 e. The van der Waals surface area contributed by atoms with E-state index in [1.807, 2.05) is 18.2 Å². The first-order valence-electron chi connectivity index (χ1n) is 8.76. The zero-order valence-corrected chi connectivity index (χ0v) is 15.2. The van der Waals surface area contributed by atoms with E-state index in [-0.39, 0.29) is 17.1 Å². The van der Waals surface area contributed by atoms with Gasteiger partial charge in [-0.2, -0.15) is 10.4 Å². The van der Waals surface area contributed by atoms with E-state index >= 15 is 0 Å².